The number of hydrogen-bond acceptors (Lipinski definition) is 7. The Bertz CT molecular complexity index is 1290. The highest BCUT2D eigenvalue weighted by molar-refractivity contribution is 7.19. The Balaban J connectivity index is 0.00000144. The summed E-state index contributed by atoms with van der Waals surface area (Å²) in [5.41, 5.74) is 1.84. The summed E-state index contributed by atoms with van der Waals surface area (Å²) in [5.74, 6) is -0.627. The fourth-order valence-corrected chi connectivity index (χ4v) is 6.32. The normalized spacial score (nSPS) is 24.2. The van der Waals surface area contributed by atoms with Gasteiger partial charge in [-0.2, -0.15) is 0 Å². The van der Waals surface area contributed by atoms with Crippen molar-refractivity contribution in [3.05, 3.63) is 41.3 Å². The van der Waals surface area contributed by atoms with Crippen LogP contribution in [-0.2, 0) is 16.1 Å². The number of amides is 2. The van der Waals surface area contributed by atoms with Crippen LogP contribution in [0.3, 0.4) is 0 Å². The number of nitrogens with zero attached hydrogens (tertiary/aromatic N) is 3. The predicted molar refractivity (Wildman–Crippen MR) is 136 cm³/mol. The standard InChI is InChI=1S/C24H23FN4O3S.2ClH/c1-24(2)18-19(24)23(31)29(22(18)30)11-14-8-17-20(33-14)15(4-6-27-17)16-7-12(25)9-28-21(16)32-13-3-5-26-10-13;;/h4,6-9,13,18-19,26H,3,5,10-11H2,1-2H3;2*1H/t13-,18?,19?;;/m0../s1. The van der Waals surface area contributed by atoms with Crippen molar-refractivity contribution in [3.63, 3.8) is 0 Å². The molecule has 2 unspecified atom stereocenters. The predicted octanol–water partition coefficient (Wildman–Crippen LogP) is 4.22. The van der Waals surface area contributed by atoms with E-state index in [1.165, 1.54) is 22.3 Å². The van der Waals surface area contributed by atoms with E-state index in [9.17, 15) is 14.0 Å². The second-order valence-electron chi connectivity index (χ2n) is 9.56. The monoisotopic (exact) mass is 538 g/mol. The van der Waals surface area contributed by atoms with Crippen LogP contribution in [0.4, 0.5) is 4.39 Å². The van der Waals surface area contributed by atoms with Crippen molar-refractivity contribution in [2.75, 3.05) is 13.1 Å². The van der Waals surface area contributed by atoms with E-state index in [2.05, 4.69) is 15.3 Å². The summed E-state index contributed by atoms with van der Waals surface area (Å²) < 4.78 is 21.1. The van der Waals surface area contributed by atoms with E-state index in [0.29, 0.717) is 11.4 Å². The molecule has 3 atom stereocenters. The number of imide groups is 1. The smallest absolute Gasteiger partial charge is 0.234 e. The SMILES string of the molecule is CC1(C)C2C(=O)N(Cc3cc4nccc(-c5cc(F)cnc5O[C@H]5CCNC5)c4s3)C(=O)C21.Cl.Cl. The van der Waals surface area contributed by atoms with Crippen molar-refractivity contribution >= 4 is 58.2 Å². The Labute approximate surface area is 218 Å². The number of aromatic nitrogens is 2. The van der Waals surface area contributed by atoms with Gasteiger partial charge in [0.15, 0.2) is 0 Å². The maximum atomic E-state index is 14.2. The molecular weight excluding hydrogens is 514 g/mol. The molecule has 5 heterocycles. The third-order valence-corrected chi connectivity index (χ3v) is 8.21. The van der Waals surface area contributed by atoms with Gasteiger partial charge >= 0.3 is 0 Å². The zero-order valence-electron chi connectivity index (χ0n) is 19.1. The summed E-state index contributed by atoms with van der Waals surface area (Å²) in [4.78, 5) is 36.4. The molecule has 3 aromatic heterocycles. The van der Waals surface area contributed by atoms with Gasteiger partial charge in [0.25, 0.3) is 0 Å². The Hall–Kier alpha value is -2.33. The summed E-state index contributed by atoms with van der Waals surface area (Å²) in [6.45, 7) is 5.78. The number of thiophene rings is 1. The van der Waals surface area contributed by atoms with E-state index in [-0.39, 0.29) is 66.5 Å². The minimum atomic E-state index is -0.446. The number of hydrogen-bond donors (Lipinski definition) is 1. The van der Waals surface area contributed by atoms with Gasteiger partial charge in [-0.1, -0.05) is 13.8 Å². The van der Waals surface area contributed by atoms with Crippen molar-refractivity contribution in [1.29, 1.82) is 0 Å². The molecular formula is C24H25Cl2FN4O3S. The third kappa shape index (κ3) is 4.18. The van der Waals surface area contributed by atoms with E-state index in [1.807, 2.05) is 26.0 Å². The highest BCUT2D eigenvalue weighted by Gasteiger charge is 2.72. The lowest BCUT2D eigenvalue weighted by Crippen LogP contribution is -2.35. The Morgan fingerprint density at radius 3 is 2.60 bits per heavy atom. The van der Waals surface area contributed by atoms with Crippen LogP contribution in [0.25, 0.3) is 21.3 Å². The second-order valence-corrected chi connectivity index (χ2v) is 10.7. The Morgan fingerprint density at radius 1 is 1.17 bits per heavy atom. The van der Waals surface area contributed by atoms with Crippen molar-refractivity contribution in [1.82, 2.24) is 20.2 Å². The van der Waals surface area contributed by atoms with Crippen LogP contribution in [0.5, 0.6) is 5.88 Å². The van der Waals surface area contributed by atoms with E-state index in [1.54, 1.807) is 6.20 Å². The van der Waals surface area contributed by atoms with Gasteiger partial charge in [0, 0.05) is 28.7 Å². The van der Waals surface area contributed by atoms with Crippen molar-refractivity contribution in [2.24, 2.45) is 17.3 Å². The second kappa shape index (κ2) is 9.28. The summed E-state index contributed by atoms with van der Waals surface area (Å²) in [7, 11) is 0. The van der Waals surface area contributed by atoms with Gasteiger partial charge in [-0.05, 0) is 36.6 Å². The lowest BCUT2D eigenvalue weighted by atomic mass is 10.1. The number of halogens is 3. The molecule has 0 bridgehead atoms. The van der Waals surface area contributed by atoms with Crippen LogP contribution >= 0.6 is 36.2 Å². The molecule has 0 spiro atoms. The van der Waals surface area contributed by atoms with Crippen LogP contribution in [-0.4, -0.2) is 45.9 Å². The molecule has 186 valence electrons. The van der Waals surface area contributed by atoms with Gasteiger partial charge in [-0.25, -0.2) is 9.37 Å². The molecule has 0 aromatic carbocycles. The molecule has 6 rings (SSSR count). The van der Waals surface area contributed by atoms with E-state index in [4.69, 9.17) is 4.74 Å². The molecule has 2 saturated heterocycles. The first-order valence-corrected chi connectivity index (χ1v) is 11.9. The molecule has 35 heavy (non-hydrogen) atoms. The number of pyridine rings is 2. The van der Waals surface area contributed by atoms with Crippen LogP contribution in [0.1, 0.15) is 25.1 Å². The number of likely N-dealkylation sites (tertiary alicyclic amines) is 1. The van der Waals surface area contributed by atoms with Crippen molar-refractivity contribution < 1.29 is 18.7 Å². The van der Waals surface area contributed by atoms with Crippen molar-refractivity contribution in [2.45, 2.75) is 32.9 Å². The number of fused-ring (bicyclic) bond motifs is 2. The Kier molecular flexibility index (Phi) is 6.83. The summed E-state index contributed by atoms with van der Waals surface area (Å²) in [6.07, 6.45) is 3.69. The molecule has 2 aliphatic heterocycles. The zero-order chi connectivity index (χ0) is 22.9. The van der Waals surface area contributed by atoms with E-state index >= 15 is 0 Å². The highest BCUT2D eigenvalue weighted by Crippen LogP contribution is 2.63. The average molecular weight is 539 g/mol. The van der Waals surface area contributed by atoms with Crippen LogP contribution in [0.15, 0.2) is 30.6 Å². The minimum Gasteiger partial charge on any atom is -0.473 e. The number of carbonyl (C=O) groups excluding carboxylic acids is 2. The summed E-state index contributed by atoms with van der Waals surface area (Å²) >= 11 is 1.46. The van der Waals surface area contributed by atoms with Gasteiger partial charge in [-0.3, -0.25) is 19.5 Å². The molecule has 2 amide bonds. The zero-order valence-corrected chi connectivity index (χ0v) is 21.6. The fraction of sp³-hybridized carbons (Fsp3) is 0.417. The largest absolute Gasteiger partial charge is 0.473 e. The average Bonchev–Trinajstić information content (AvgIpc) is 3.23. The van der Waals surface area contributed by atoms with Crippen LogP contribution < -0.4 is 10.1 Å². The van der Waals surface area contributed by atoms with Gasteiger partial charge < -0.3 is 10.1 Å². The molecule has 1 N–H and O–H groups in total. The van der Waals surface area contributed by atoms with E-state index in [0.717, 1.165) is 46.4 Å². The first-order valence-electron chi connectivity index (χ1n) is 11.1. The number of ether oxygens (including phenoxy) is 1. The first kappa shape index (κ1) is 25.8. The number of piperidine rings is 1. The van der Waals surface area contributed by atoms with Crippen molar-refractivity contribution in [3.8, 4) is 17.0 Å². The Morgan fingerprint density at radius 2 is 1.91 bits per heavy atom. The molecule has 3 aromatic rings. The van der Waals surface area contributed by atoms with E-state index < -0.39 is 5.82 Å². The van der Waals surface area contributed by atoms with Gasteiger partial charge in [0.05, 0.1) is 34.8 Å². The third-order valence-electron chi connectivity index (χ3n) is 7.07. The summed E-state index contributed by atoms with van der Waals surface area (Å²) in [5, 5.41) is 3.25. The van der Waals surface area contributed by atoms with Crippen LogP contribution in [0, 0.1) is 23.1 Å². The first-order chi connectivity index (χ1) is 15.8. The quantitative estimate of drug-likeness (QED) is 0.489. The lowest BCUT2D eigenvalue weighted by Gasteiger charge is -2.19. The maximum absolute atomic E-state index is 14.2. The van der Waals surface area contributed by atoms with Gasteiger partial charge in [-0.15, -0.1) is 36.2 Å². The maximum Gasteiger partial charge on any atom is 0.234 e. The lowest BCUT2D eigenvalue weighted by molar-refractivity contribution is -0.143. The molecule has 0 radical (unpaired) electrons. The number of rotatable bonds is 5. The minimum absolute atomic E-state index is 0. The fourth-order valence-electron chi connectivity index (χ4n) is 5.19. The van der Waals surface area contributed by atoms with Crippen LogP contribution in [0.2, 0.25) is 0 Å². The molecule has 7 nitrogen and oxygen atoms in total. The molecule has 1 aliphatic carbocycles. The number of carbonyl (C=O) groups is 2. The molecule has 1 saturated carbocycles. The molecule has 11 heteroatoms. The van der Waals surface area contributed by atoms with Gasteiger partial charge in [0.1, 0.15) is 11.9 Å². The highest BCUT2D eigenvalue weighted by atomic mass is 35.5. The molecule has 3 fully saturated rings. The number of nitrogens with one attached hydrogen (secondary N) is 1. The molecule has 3 aliphatic rings. The van der Waals surface area contributed by atoms with Gasteiger partial charge in [0.2, 0.25) is 17.7 Å². The summed E-state index contributed by atoms with van der Waals surface area (Å²) in [6, 6.07) is 5.15. The topological polar surface area (TPSA) is 84.4 Å².